The second kappa shape index (κ2) is 4.65. The molecule has 1 aliphatic heterocycles. The number of nitrogens with zero attached hydrogens (tertiary/aromatic N) is 2. The fourth-order valence-corrected chi connectivity index (χ4v) is 2.30. The Bertz CT molecular complexity index is 403. The Hall–Kier alpha value is -1.36. The molecule has 0 amide bonds. The topological polar surface area (TPSA) is 75.0 Å². The Kier molecular flexibility index (Phi) is 3.24. The van der Waals surface area contributed by atoms with E-state index in [-0.39, 0.29) is 11.6 Å². The molecule has 1 aliphatic rings. The van der Waals surface area contributed by atoms with Crippen molar-refractivity contribution < 1.29 is 0 Å². The predicted molar refractivity (Wildman–Crippen MR) is 63.4 cm³/mol. The zero-order valence-electron chi connectivity index (χ0n) is 9.52. The molecule has 1 fully saturated rings. The van der Waals surface area contributed by atoms with Crippen LogP contribution >= 0.6 is 0 Å². The highest BCUT2D eigenvalue weighted by Crippen LogP contribution is 2.23. The SMILES string of the molecule is CC1CCN(c2ncc[nH]c2=O)C(CN)C1. The van der Waals surface area contributed by atoms with E-state index in [0.29, 0.717) is 18.3 Å². The molecule has 1 saturated heterocycles. The molecular weight excluding hydrogens is 204 g/mol. The lowest BCUT2D eigenvalue weighted by atomic mass is 9.92. The normalized spacial score (nSPS) is 25.8. The van der Waals surface area contributed by atoms with Gasteiger partial charge < -0.3 is 15.6 Å². The van der Waals surface area contributed by atoms with E-state index in [1.54, 1.807) is 12.4 Å². The molecule has 1 aromatic rings. The van der Waals surface area contributed by atoms with Crippen LogP contribution < -0.4 is 16.2 Å². The molecule has 5 heteroatoms. The summed E-state index contributed by atoms with van der Waals surface area (Å²) < 4.78 is 0. The average molecular weight is 222 g/mol. The van der Waals surface area contributed by atoms with Gasteiger partial charge >= 0.3 is 0 Å². The molecule has 1 aromatic heterocycles. The minimum atomic E-state index is -0.129. The Balaban J connectivity index is 2.26. The summed E-state index contributed by atoms with van der Waals surface area (Å²) >= 11 is 0. The van der Waals surface area contributed by atoms with Crippen LogP contribution in [0.3, 0.4) is 0 Å². The van der Waals surface area contributed by atoms with Crippen LogP contribution in [0.4, 0.5) is 5.82 Å². The Labute approximate surface area is 94.7 Å². The van der Waals surface area contributed by atoms with Gasteiger partial charge in [-0.3, -0.25) is 4.79 Å². The van der Waals surface area contributed by atoms with Gasteiger partial charge in [-0.1, -0.05) is 6.92 Å². The van der Waals surface area contributed by atoms with Gasteiger partial charge in [0.05, 0.1) is 0 Å². The summed E-state index contributed by atoms with van der Waals surface area (Å²) in [6, 6.07) is 0.236. The lowest BCUT2D eigenvalue weighted by Crippen LogP contribution is -2.48. The predicted octanol–water partition coefficient (Wildman–Crippen LogP) is 0.333. The van der Waals surface area contributed by atoms with Crippen molar-refractivity contribution in [3.63, 3.8) is 0 Å². The lowest BCUT2D eigenvalue weighted by Gasteiger charge is -2.38. The van der Waals surface area contributed by atoms with Crippen molar-refractivity contribution in [2.24, 2.45) is 11.7 Å². The van der Waals surface area contributed by atoms with Crippen molar-refractivity contribution in [2.45, 2.75) is 25.8 Å². The Morgan fingerprint density at radius 3 is 3.19 bits per heavy atom. The smallest absolute Gasteiger partial charge is 0.290 e. The fourth-order valence-electron chi connectivity index (χ4n) is 2.30. The molecule has 2 rings (SSSR count). The average Bonchev–Trinajstić information content (AvgIpc) is 2.30. The molecule has 0 radical (unpaired) electrons. The van der Waals surface area contributed by atoms with Gasteiger partial charge in [-0.15, -0.1) is 0 Å². The van der Waals surface area contributed by atoms with Crippen LogP contribution in [0.5, 0.6) is 0 Å². The molecule has 5 nitrogen and oxygen atoms in total. The van der Waals surface area contributed by atoms with Crippen molar-refractivity contribution in [1.82, 2.24) is 9.97 Å². The molecule has 0 saturated carbocycles. The third-order valence-corrected chi connectivity index (χ3v) is 3.21. The number of aromatic nitrogens is 2. The molecule has 16 heavy (non-hydrogen) atoms. The van der Waals surface area contributed by atoms with Crippen LogP contribution in [0.2, 0.25) is 0 Å². The number of nitrogens with two attached hydrogens (primary N) is 1. The summed E-state index contributed by atoms with van der Waals surface area (Å²) in [6.45, 7) is 3.66. The summed E-state index contributed by atoms with van der Waals surface area (Å²) in [7, 11) is 0. The molecule has 2 atom stereocenters. The highest BCUT2D eigenvalue weighted by molar-refractivity contribution is 5.37. The first-order chi connectivity index (χ1) is 7.72. The minimum Gasteiger partial charge on any atom is -0.348 e. The molecule has 88 valence electrons. The van der Waals surface area contributed by atoms with Crippen molar-refractivity contribution >= 4 is 5.82 Å². The van der Waals surface area contributed by atoms with E-state index in [0.717, 1.165) is 19.4 Å². The first-order valence-corrected chi connectivity index (χ1v) is 5.72. The number of H-pyrrole nitrogens is 1. The van der Waals surface area contributed by atoms with E-state index >= 15 is 0 Å². The van der Waals surface area contributed by atoms with Crippen molar-refractivity contribution in [3.8, 4) is 0 Å². The van der Waals surface area contributed by atoms with Crippen LogP contribution in [-0.2, 0) is 0 Å². The summed E-state index contributed by atoms with van der Waals surface area (Å²) in [6.07, 6.45) is 5.29. The van der Waals surface area contributed by atoms with Gasteiger partial charge in [-0.2, -0.15) is 0 Å². The number of hydrogen-bond donors (Lipinski definition) is 2. The first-order valence-electron chi connectivity index (χ1n) is 5.72. The van der Waals surface area contributed by atoms with Crippen LogP contribution in [0.15, 0.2) is 17.2 Å². The fraction of sp³-hybridized carbons (Fsp3) is 0.636. The van der Waals surface area contributed by atoms with E-state index in [1.807, 2.05) is 4.90 Å². The molecule has 2 unspecified atom stereocenters. The zero-order valence-corrected chi connectivity index (χ0v) is 9.52. The second-order valence-electron chi connectivity index (χ2n) is 4.45. The van der Waals surface area contributed by atoms with Crippen LogP contribution in [0, 0.1) is 5.92 Å². The second-order valence-corrected chi connectivity index (χ2v) is 4.45. The van der Waals surface area contributed by atoms with Crippen LogP contribution in [0.25, 0.3) is 0 Å². The van der Waals surface area contributed by atoms with Gasteiger partial charge in [-0.25, -0.2) is 4.98 Å². The van der Waals surface area contributed by atoms with Crippen molar-refractivity contribution in [2.75, 3.05) is 18.0 Å². The monoisotopic (exact) mass is 222 g/mol. The number of nitrogens with one attached hydrogen (secondary N) is 1. The maximum absolute atomic E-state index is 11.7. The standard InChI is InChI=1S/C11H18N4O/c1-8-2-5-15(9(6-8)7-12)10-11(16)14-4-3-13-10/h3-4,8-9H,2,5-7,12H2,1H3,(H,14,16). The molecule has 2 heterocycles. The zero-order chi connectivity index (χ0) is 11.5. The summed E-state index contributed by atoms with van der Waals surface area (Å²) in [5, 5.41) is 0. The highest BCUT2D eigenvalue weighted by atomic mass is 16.1. The van der Waals surface area contributed by atoms with Gasteiger partial charge in [0.1, 0.15) is 0 Å². The van der Waals surface area contributed by atoms with Gasteiger partial charge in [0.2, 0.25) is 0 Å². The van der Waals surface area contributed by atoms with Gasteiger partial charge in [-0.05, 0) is 18.8 Å². The maximum Gasteiger partial charge on any atom is 0.290 e. The molecular formula is C11H18N4O. The third-order valence-electron chi connectivity index (χ3n) is 3.21. The summed E-state index contributed by atoms with van der Waals surface area (Å²) in [5.41, 5.74) is 5.63. The maximum atomic E-state index is 11.7. The van der Waals surface area contributed by atoms with Crippen molar-refractivity contribution in [3.05, 3.63) is 22.7 Å². The molecule has 0 bridgehead atoms. The van der Waals surface area contributed by atoms with Crippen LogP contribution in [-0.4, -0.2) is 29.1 Å². The number of anilines is 1. The van der Waals surface area contributed by atoms with E-state index in [4.69, 9.17) is 5.73 Å². The van der Waals surface area contributed by atoms with Gasteiger partial charge in [0.25, 0.3) is 5.56 Å². The molecule has 0 aliphatic carbocycles. The summed E-state index contributed by atoms with van der Waals surface area (Å²) in [4.78, 5) is 20.5. The lowest BCUT2D eigenvalue weighted by molar-refractivity contribution is 0.364. The van der Waals surface area contributed by atoms with Gasteiger partial charge in [0, 0.05) is 31.5 Å². The number of hydrogen-bond acceptors (Lipinski definition) is 4. The first kappa shape index (κ1) is 11.1. The number of rotatable bonds is 2. The Morgan fingerprint density at radius 2 is 2.50 bits per heavy atom. The van der Waals surface area contributed by atoms with E-state index in [9.17, 15) is 4.79 Å². The van der Waals surface area contributed by atoms with Crippen LogP contribution in [0.1, 0.15) is 19.8 Å². The minimum absolute atomic E-state index is 0.129. The van der Waals surface area contributed by atoms with Gasteiger partial charge in [0.15, 0.2) is 5.82 Å². The van der Waals surface area contributed by atoms with Crippen molar-refractivity contribution in [1.29, 1.82) is 0 Å². The van der Waals surface area contributed by atoms with E-state index in [2.05, 4.69) is 16.9 Å². The molecule has 0 aromatic carbocycles. The number of piperidine rings is 1. The number of aromatic amines is 1. The quantitative estimate of drug-likeness (QED) is 0.756. The summed E-state index contributed by atoms with van der Waals surface area (Å²) in [5.74, 6) is 1.18. The highest BCUT2D eigenvalue weighted by Gasteiger charge is 2.27. The third kappa shape index (κ3) is 2.09. The van der Waals surface area contributed by atoms with E-state index in [1.165, 1.54) is 0 Å². The molecule has 3 N–H and O–H groups in total. The van der Waals surface area contributed by atoms with E-state index < -0.39 is 0 Å². The molecule has 0 spiro atoms. The largest absolute Gasteiger partial charge is 0.348 e. The Morgan fingerprint density at radius 1 is 1.69 bits per heavy atom.